The molecule has 1 aliphatic heterocycles. The summed E-state index contributed by atoms with van der Waals surface area (Å²) in [5, 5.41) is 12.9. The summed E-state index contributed by atoms with van der Waals surface area (Å²) >= 11 is 1.45. The minimum Gasteiger partial charge on any atom is -0.507 e. The van der Waals surface area contributed by atoms with E-state index >= 15 is 0 Å². The second-order valence-electron chi connectivity index (χ2n) is 7.58. The molecule has 1 aromatic carbocycles. The Kier molecular flexibility index (Phi) is 7.29. The standard InChI is InChI=1S/C23H27NO5S/c1-15(2)14-29-17-9-7-16(8-10-17)21(25)19-20(18-6-4-13-30-18)24(11-5-12-28-3)23(27)22(19)26/h4,6-10,13,15,20,25H,5,11-12,14H2,1-3H3/b21-19+. The van der Waals surface area contributed by atoms with Gasteiger partial charge in [-0.05, 0) is 48.1 Å². The van der Waals surface area contributed by atoms with Gasteiger partial charge in [-0.2, -0.15) is 0 Å². The smallest absolute Gasteiger partial charge is 0.295 e. The lowest BCUT2D eigenvalue weighted by Gasteiger charge is -2.24. The Morgan fingerprint density at radius 3 is 2.53 bits per heavy atom. The molecule has 1 amide bonds. The van der Waals surface area contributed by atoms with E-state index in [0.29, 0.717) is 43.4 Å². The maximum absolute atomic E-state index is 12.9. The van der Waals surface area contributed by atoms with Gasteiger partial charge in [0.1, 0.15) is 11.5 Å². The monoisotopic (exact) mass is 429 g/mol. The van der Waals surface area contributed by atoms with Crippen LogP contribution in [0.15, 0.2) is 47.4 Å². The highest BCUT2D eigenvalue weighted by molar-refractivity contribution is 7.10. The lowest BCUT2D eigenvalue weighted by Crippen LogP contribution is -2.31. The predicted octanol–water partition coefficient (Wildman–Crippen LogP) is 4.24. The van der Waals surface area contributed by atoms with E-state index < -0.39 is 17.7 Å². The molecule has 2 heterocycles. The molecule has 1 atom stereocenters. The molecular weight excluding hydrogens is 402 g/mol. The number of aliphatic hydroxyl groups excluding tert-OH is 1. The number of carbonyl (C=O) groups excluding carboxylic acids is 2. The molecule has 2 aromatic rings. The fraction of sp³-hybridized carbons (Fsp3) is 0.391. The predicted molar refractivity (Wildman–Crippen MR) is 117 cm³/mol. The maximum Gasteiger partial charge on any atom is 0.295 e. The fourth-order valence-corrected chi connectivity index (χ4v) is 4.21. The molecule has 3 rings (SSSR count). The van der Waals surface area contributed by atoms with Gasteiger partial charge in [0.15, 0.2) is 0 Å². The van der Waals surface area contributed by atoms with Gasteiger partial charge in [0.25, 0.3) is 11.7 Å². The first-order valence-corrected chi connectivity index (χ1v) is 10.9. The number of hydrogen-bond acceptors (Lipinski definition) is 6. The molecule has 6 nitrogen and oxygen atoms in total. The third-order valence-corrected chi connectivity index (χ3v) is 5.74. The highest BCUT2D eigenvalue weighted by Crippen LogP contribution is 2.41. The van der Waals surface area contributed by atoms with E-state index in [1.165, 1.54) is 16.2 Å². The van der Waals surface area contributed by atoms with Gasteiger partial charge in [-0.3, -0.25) is 9.59 Å². The number of benzene rings is 1. The van der Waals surface area contributed by atoms with Gasteiger partial charge in [-0.15, -0.1) is 11.3 Å². The Hall–Kier alpha value is -2.64. The summed E-state index contributed by atoms with van der Waals surface area (Å²) in [4.78, 5) is 27.9. The number of Topliss-reactive ketones (excluding diaryl/α,β-unsaturated/α-hetero) is 1. The zero-order valence-corrected chi connectivity index (χ0v) is 18.3. The Labute approximate surface area is 180 Å². The summed E-state index contributed by atoms with van der Waals surface area (Å²) < 4.78 is 10.8. The molecule has 0 radical (unpaired) electrons. The average Bonchev–Trinajstić information content (AvgIpc) is 3.35. The number of methoxy groups -OCH3 is 1. The van der Waals surface area contributed by atoms with Crippen LogP contribution in [0.3, 0.4) is 0 Å². The van der Waals surface area contributed by atoms with Gasteiger partial charge in [-0.25, -0.2) is 0 Å². The Balaban J connectivity index is 1.95. The number of thiophene rings is 1. The Bertz CT molecular complexity index is 902. The second kappa shape index (κ2) is 9.91. The van der Waals surface area contributed by atoms with E-state index in [1.807, 2.05) is 17.5 Å². The zero-order valence-electron chi connectivity index (χ0n) is 17.5. The van der Waals surface area contributed by atoms with Crippen molar-refractivity contribution >= 4 is 28.8 Å². The Morgan fingerprint density at radius 2 is 1.93 bits per heavy atom. The molecule has 30 heavy (non-hydrogen) atoms. The van der Waals surface area contributed by atoms with Crippen LogP contribution in [0.1, 0.15) is 36.8 Å². The summed E-state index contributed by atoms with van der Waals surface area (Å²) in [6.45, 7) is 5.58. The van der Waals surface area contributed by atoms with E-state index in [-0.39, 0.29) is 11.3 Å². The van der Waals surface area contributed by atoms with Crippen LogP contribution in [0.5, 0.6) is 5.75 Å². The van der Waals surface area contributed by atoms with Crippen molar-refractivity contribution in [2.75, 3.05) is 26.9 Å². The molecule has 160 valence electrons. The van der Waals surface area contributed by atoms with Crippen molar-refractivity contribution in [3.8, 4) is 5.75 Å². The van der Waals surface area contributed by atoms with E-state index in [2.05, 4.69) is 13.8 Å². The average molecular weight is 430 g/mol. The van der Waals surface area contributed by atoms with Crippen molar-refractivity contribution < 1.29 is 24.2 Å². The number of ether oxygens (including phenoxy) is 2. The molecule has 1 saturated heterocycles. The summed E-state index contributed by atoms with van der Waals surface area (Å²) in [6, 6.07) is 10.1. The molecule has 0 bridgehead atoms. The van der Waals surface area contributed by atoms with Gasteiger partial charge < -0.3 is 19.5 Å². The number of ketones is 1. The Morgan fingerprint density at radius 1 is 1.20 bits per heavy atom. The molecule has 7 heteroatoms. The molecule has 0 spiro atoms. The third kappa shape index (κ3) is 4.74. The number of aliphatic hydroxyl groups is 1. The first-order chi connectivity index (χ1) is 14.4. The quantitative estimate of drug-likeness (QED) is 0.279. The van der Waals surface area contributed by atoms with Gasteiger partial charge in [0.2, 0.25) is 0 Å². The lowest BCUT2D eigenvalue weighted by molar-refractivity contribution is -0.140. The van der Waals surface area contributed by atoms with E-state index in [4.69, 9.17) is 9.47 Å². The van der Waals surface area contributed by atoms with Crippen molar-refractivity contribution in [1.29, 1.82) is 0 Å². The molecule has 1 N–H and O–H groups in total. The first kappa shape index (κ1) is 22.1. The van der Waals surface area contributed by atoms with E-state index in [0.717, 1.165) is 4.88 Å². The van der Waals surface area contributed by atoms with Crippen LogP contribution in [-0.4, -0.2) is 48.6 Å². The van der Waals surface area contributed by atoms with Gasteiger partial charge in [0, 0.05) is 30.7 Å². The molecular formula is C23H27NO5S. The van der Waals surface area contributed by atoms with Crippen LogP contribution >= 0.6 is 11.3 Å². The van der Waals surface area contributed by atoms with Gasteiger partial charge >= 0.3 is 0 Å². The number of nitrogens with zero attached hydrogens (tertiary/aromatic N) is 1. The minimum atomic E-state index is -0.663. The normalized spacial score (nSPS) is 18.4. The van der Waals surface area contributed by atoms with Crippen LogP contribution in [0.25, 0.3) is 5.76 Å². The zero-order chi connectivity index (χ0) is 21.7. The SMILES string of the molecule is COCCCN1C(=O)C(=O)/C(=C(/O)c2ccc(OCC(C)C)cc2)C1c1cccs1. The first-order valence-electron chi connectivity index (χ1n) is 9.98. The van der Waals surface area contributed by atoms with Crippen molar-refractivity contribution in [3.63, 3.8) is 0 Å². The van der Waals surface area contributed by atoms with Crippen molar-refractivity contribution in [2.45, 2.75) is 26.3 Å². The fourth-order valence-electron chi connectivity index (χ4n) is 3.36. The van der Waals surface area contributed by atoms with Crippen molar-refractivity contribution in [2.24, 2.45) is 5.92 Å². The van der Waals surface area contributed by atoms with Crippen LogP contribution in [-0.2, 0) is 14.3 Å². The summed E-state index contributed by atoms with van der Waals surface area (Å²) in [7, 11) is 1.60. The highest BCUT2D eigenvalue weighted by Gasteiger charge is 2.46. The highest BCUT2D eigenvalue weighted by atomic mass is 32.1. The lowest BCUT2D eigenvalue weighted by atomic mass is 10.00. The van der Waals surface area contributed by atoms with E-state index in [1.54, 1.807) is 31.4 Å². The topological polar surface area (TPSA) is 76.1 Å². The number of amides is 1. The summed E-state index contributed by atoms with van der Waals surface area (Å²) in [5.74, 6) is -0.337. The molecule has 0 aliphatic carbocycles. The van der Waals surface area contributed by atoms with Gasteiger partial charge in [-0.1, -0.05) is 19.9 Å². The summed E-state index contributed by atoms with van der Waals surface area (Å²) in [5.41, 5.74) is 0.596. The number of likely N-dealkylation sites (tertiary alicyclic amines) is 1. The minimum absolute atomic E-state index is 0.121. The molecule has 1 aliphatic rings. The number of rotatable bonds is 9. The molecule has 1 unspecified atom stereocenters. The van der Waals surface area contributed by atoms with Crippen molar-refractivity contribution in [1.82, 2.24) is 4.90 Å². The maximum atomic E-state index is 12.9. The van der Waals surface area contributed by atoms with Crippen molar-refractivity contribution in [3.05, 3.63) is 57.8 Å². The van der Waals surface area contributed by atoms with Crippen LogP contribution in [0.4, 0.5) is 0 Å². The largest absolute Gasteiger partial charge is 0.507 e. The van der Waals surface area contributed by atoms with Gasteiger partial charge in [0.05, 0.1) is 18.2 Å². The second-order valence-corrected chi connectivity index (χ2v) is 8.56. The van der Waals surface area contributed by atoms with Crippen LogP contribution in [0.2, 0.25) is 0 Å². The third-order valence-electron chi connectivity index (χ3n) is 4.81. The molecule has 1 aromatic heterocycles. The van der Waals surface area contributed by atoms with E-state index in [9.17, 15) is 14.7 Å². The molecule has 1 fully saturated rings. The number of hydrogen-bond donors (Lipinski definition) is 1. The number of carbonyl (C=O) groups is 2. The summed E-state index contributed by atoms with van der Waals surface area (Å²) in [6.07, 6.45) is 0.604. The van der Waals surface area contributed by atoms with Crippen LogP contribution in [0, 0.1) is 5.92 Å². The molecule has 0 saturated carbocycles. The van der Waals surface area contributed by atoms with Crippen LogP contribution < -0.4 is 4.74 Å².